The number of carbonyl (C=O) groups excluding carboxylic acids is 3. The molecule has 0 saturated heterocycles. The fourth-order valence-corrected chi connectivity index (χ4v) is 3.36. The maximum atomic E-state index is 12.9. The number of anilines is 1. The largest absolute Gasteiger partial charge is 0.378 e. The van der Waals surface area contributed by atoms with Crippen LogP contribution in [0.2, 0.25) is 0 Å². The van der Waals surface area contributed by atoms with Gasteiger partial charge in [0.25, 0.3) is 17.7 Å². The molecule has 1 heterocycles. The lowest BCUT2D eigenvalue weighted by Crippen LogP contribution is -2.27. The monoisotopic (exact) mass is 415 g/mol. The van der Waals surface area contributed by atoms with Crippen LogP contribution in [0.25, 0.3) is 5.57 Å². The molecule has 2 aromatic carbocycles. The standard InChI is InChI=1S/C25H25N3O3/c1-6-17(18-9-12-20(13-10-18)27(4)5)8-7-16(2)28-24(30)21-14-11-19(23(29)26-3)15-22(21)25(28)31/h6-15H,2H2,1,3-5H3,(H,26,29)/b8-7-,17-6+. The summed E-state index contributed by atoms with van der Waals surface area (Å²) in [4.78, 5) is 40.6. The Morgan fingerprint density at radius 3 is 2.16 bits per heavy atom. The normalized spacial score (nSPS) is 13.5. The van der Waals surface area contributed by atoms with Crippen molar-refractivity contribution in [2.75, 3.05) is 26.0 Å². The third-order valence-electron chi connectivity index (χ3n) is 5.15. The summed E-state index contributed by atoms with van der Waals surface area (Å²) in [5, 5.41) is 2.51. The van der Waals surface area contributed by atoms with Crippen molar-refractivity contribution in [1.82, 2.24) is 10.2 Å². The summed E-state index contributed by atoms with van der Waals surface area (Å²) in [6.45, 7) is 5.84. The SMILES string of the molecule is C=C(/C=C\C(=C/C)c1ccc(N(C)C)cc1)N1C(=O)c2ccc(C(=O)NC)cc2C1=O. The molecule has 3 rings (SSSR count). The molecule has 0 radical (unpaired) electrons. The molecule has 6 nitrogen and oxygen atoms in total. The topological polar surface area (TPSA) is 69.7 Å². The Balaban J connectivity index is 1.82. The summed E-state index contributed by atoms with van der Waals surface area (Å²) < 4.78 is 0. The Morgan fingerprint density at radius 1 is 0.968 bits per heavy atom. The van der Waals surface area contributed by atoms with Gasteiger partial charge < -0.3 is 10.2 Å². The van der Waals surface area contributed by atoms with Crippen LogP contribution in [0.3, 0.4) is 0 Å². The predicted molar refractivity (Wildman–Crippen MR) is 123 cm³/mol. The first-order valence-electron chi connectivity index (χ1n) is 9.84. The van der Waals surface area contributed by atoms with Crippen LogP contribution < -0.4 is 10.2 Å². The smallest absolute Gasteiger partial charge is 0.266 e. The minimum Gasteiger partial charge on any atom is -0.378 e. The van der Waals surface area contributed by atoms with Crippen molar-refractivity contribution in [3.05, 3.63) is 95.2 Å². The summed E-state index contributed by atoms with van der Waals surface area (Å²) in [5.74, 6) is -1.26. The maximum Gasteiger partial charge on any atom is 0.266 e. The highest BCUT2D eigenvalue weighted by Gasteiger charge is 2.37. The van der Waals surface area contributed by atoms with Crippen LogP contribution in [-0.2, 0) is 0 Å². The fourth-order valence-electron chi connectivity index (χ4n) is 3.36. The Hall–Kier alpha value is -3.93. The first-order valence-corrected chi connectivity index (χ1v) is 9.84. The molecule has 0 unspecified atom stereocenters. The fraction of sp³-hybridized carbons (Fsp3) is 0.160. The highest BCUT2D eigenvalue weighted by Crippen LogP contribution is 2.28. The van der Waals surface area contributed by atoms with E-state index in [0.717, 1.165) is 21.7 Å². The molecular formula is C25H25N3O3. The lowest BCUT2D eigenvalue weighted by atomic mass is 10.0. The molecule has 0 fully saturated rings. The highest BCUT2D eigenvalue weighted by molar-refractivity contribution is 6.23. The second-order valence-corrected chi connectivity index (χ2v) is 7.30. The molecule has 2 aromatic rings. The molecule has 3 amide bonds. The van der Waals surface area contributed by atoms with Gasteiger partial charge in [-0.25, -0.2) is 4.90 Å². The van der Waals surface area contributed by atoms with Crippen molar-refractivity contribution in [2.24, 2.45) is 0 Å². The van der Waals surface area contributed by atoms with Crippen LogP contribution in [0.1, 0.15) is 43.6 Å². The van der Waals surface area contributed by atoms with E-state index in [1.54, 1.807) is 6.08 Å². The number of hydrogen-bond donors (Lipinski definition) is 1. The van der Waals surface area contributed by atoms with E-state index in [0.29, 0.717) is 5.56 Å². The molecule has 0 aromatic heterocycles. The zero-order valence-corrected chi connectivity index (χ0v) is 18.1. The van der Waals surface area contributed by atoms with E-state index in [4.69, 9.17) is 0 Å². The van der Waals surface area contributed by atoms with Gasteiger partial charge in [0.05, 0.1) is 11.1 Å². The average molecular weight is 415 g/mol. The van der Waals surface area contributed by atoms with E-state index in [9.17, 15) is 14.4 Å². The van der Waals surface area contributed by atoms with E-state index in [-0.39, 0.29) is 22.7 Å². The maximum absolute atomic E-state index is 12.9. The molecule has 31 heavy (non-hydrogen) atoms. The predicted octanol–water partition coefficient (Wildman–Crippen LogP) is 3.88. The molecule has 158 valence electrons. The van der Waals surface area contributed by atoms with Gasteiger partial charge >= 0.3 is 0 Å². The number of hydrogen-bond acceptors (Lipinski definition) is 4. The van der Waals surface area contributed by atoms with E-state index in [1.165, 1.54) is 25.2 Å². The quantitative estimate of drug-likeness (QED) is 0.574. The lowest BCUT2D eigenvalue weighted by molar-refractivity contribution is 0.0710. The molecule has 0 saturated carbocycles. The van der Waals surface area contributed by atoms with Crippen LogP contribution in [-0.4, -0.2) is 43.8 Å². The van der Waals surface area contributed by atoms with Gasteiger partial charge in [0, 0.05) is 38.1 Å². The van der Waals surface area contributed by atoms with Crippen molar-refractivity contribution >= 4 is 29.0 Å². The number of carbonyl (C=O) groups is 3. The van der Waals surface area contributed by atoms with Crippen LogP contribution >= 0.6 is 0 Å². The number of fused-ring (bicyclic) bond motifs is 1. The number of allylic oxidation sites excluding steroid dienone is 4. The van der Waals surface area contributed by atoms with Gasteiger partial charge in [-0.2, -0.15) is 0 Å². The zero-order valence-electron chi connectivity index (χ0n) is 18.1. The Kier molecular flexibility index (Phi) is 6.20. The van der Waals surface area contributed by atoms with Gasteiger partial charge in [0.2, 0.25) is 0 Å². The van der Waals surface area contributed by atoms with Gasteiger partial charge in [-0.3, -0.25) is 14.4 Å². The number of amides is 3. The molecule has 0 aliphatic carbocycles. The number of nitrogens with one attached hydrogen (secondary N) is 1. The molecule has 0 atom stereocenters. The highest BCUT2D eigenvalue weighted by atomic mass is 16.2. The lowest BCUT2D eigenvalue weighted by Gasteiger charge is -2.14. The second-order valence-electron chi connectivity index (χ2n) is 7.30. The van der Waals surface area contributed by atoms with Crippen molar-refractivity contribution in [3.8, 4) is 0 Å². The van der Waals surface area contributed by atoms with Crippen LogP contribution in [0.15, 0.2) is 73.0 Å². The van der Waals surface area contributed by atoms with Crippen LogP contribution in [0.5, 0.6) is 0 Å². The molecule has 1 N–H and O–H groups in total. The summed E-state index contributed by atoms with van der Waals surface area (Å²) in [6.07, 6.45) is 5.43. The summed E-state index contributed by atoms with van der Waals surface area (Å²) in [5.41, 5.74) is 4.08. The minimum absolute atomic E-state index is 0.200. The third-order valence-corrected chi connectivity index (χ3v) is 5.15. The number of rotatable bonds is 6. The van der Waals surface area contributed by atoms with E-state index >= 15 is 0 Å². The van der Waals surface area contributed by atoms with Gasteiger partial charge in [0.1, 0.15) is 0 Å². The van der Waals surface area contributed by atoms with Crippen molar-refractivity contribution in [3.63, 3.8) is 0 Å². The van der Waals surface area contributed by atoms with Gasteiger partial charge in [-0.1, -0.05) is 30.9 Å². The first-order chi connectivity index (χ1) is 14.8. The van der Waals surface area contributed by atoms with Crippen molar-refractivity contribution in [2.45, 2.75) is 6.92 Å². The summed E-state index contributed by atoms with van der Waals surface area (Å²) in [6, 6.07) is 12.5. The molecule has 0 spiro atoms. The van der Waals surface area contributed by atoms with Crippen LogP contribution in [0, 0.1) is 0 Å². The van der Waals surface area contributed by atoms with Gasteiger partial charge in [0.15, 0.2) is 0 Å². The average Bonchev–Trinajstić information content (AvgIpc) is 3.03. The van der Waals surface area contributed by atoms with Crippen molar-refractivity contribution < 1.29 is 14.4 Å². The molecule has 0 bridgehead atoms. The second kappa shape index (κ2) is 8.83. The summed E-state index contributed by atoms with van der Waals surface area (Å²) in [7, 11) is 5.47. The Labute approximate surface area is 182 Å². The van der Waals surface area contributed by atoms with E-state index in [1.807, 2.05) is 62.3 Å². The van der Waals surface area contributed by atoms with E-state index in [2.05, 4.69) is 11.9 Å². The Morgan fingerprint density at radius 2 is 1.58 bits per heavy atom. The summed E-state index contributed by atoms with van der Waals surface area (Å²) >= 11 is 0. The van der Waals surface area contributed by atoms with Crippen molar-refractivity contribution in [1.29, 1.82) is 0 Å². The third kappa shape index (κ3) is 4.19. The number of nitrogens with zero attached hydrogens (tertiary/aromatic N) is 2. The molecular weight excluding hydrogens is 390 g/mol. The molecule has 6 heteroatoms. The van der Waals surface area contributed by atoms with E-state index < -0.39 is 11.8 Å². The number of imide groups is 1. The molecule has 1 aliphatic heterocycles. The Bertz CT molecular complexity index is 1130. The zero-order chi connectivity index (χ0) is 22.7. The van der Waals surface area contributed by atoms with Gasteiger partial charge in [-0.05, 0) is 54.5 Å². The molecule has 1 aliphatic rings. The number of benzene rings is 2. The van der Waals surface area contributed by atoms with Crippen LogP contribution in [0.4, 0.5) is 5.69 Å². The van der Waals surface area contributed by atoms with Gasteiger partial charge in [-0.15, -0.1) is 0 Å². The minimum atomic E-state index is -0.488. The first kappa shape index (κ1) is 21.8.